The van der Waals surface area contributed by atoms with Gasteiger partial charge in [0.2, 0.25) is 11.9 Å². The van der Waals surface area contributed by atoms with Gasteiger partial charge in [-0.15, -0.1) is 11.8 Å². The Morgan fingerprint density at radius 2 is 1.85 bits per heavy atom. The van der Waals surface area contributed by atoms with Crippen molar-refractivity contribution in [3.8, 4) is 6.07 Å². The highest BCUT2D eigenvalue weighted by atomic mass is 32.2. The van der Waals surface area contributed by atoms with E-state index in [1.165, 1.54) is 42.2 Å². The van der Waals surface area contributed by atoms with Crippen molar-refractivity contribution in [2.75, 3.05) is 15.8 Å². The number of thioether (sulfide) groups is 1. The first-order valence-electron chi connectivity index (χ1n) is 10.4. The molecule has 0 fully saturated rings. The molecule has 3 aromatic rings. The summed E-state index contributed by atoms with van der Waals surface area (Å²) in [7, 11) is -3.86. The SMILES string of the molecule is Cc1ccnc(NS(=O)(=O)c2ccc(NC(=O)CCSc3nc(C(C)C)ccc3C#N)cc2)n1. The molecule has 1 amide bonds. The van der Waals surface area contributed by atoms with Crippen molar-refractivity contribution in [1.82, 2.24) is 15.0 Å². The Morgan fingerprint density at radius 1 is 1.12 bits per heavy atom. The van der Waals surface area contributed by atoms with Gasteiger partial charge in [0.15, 0.2) is 0 Å². The Labute approximate surface area is 203 Å². The molecule has 0 saturated heterocycles. The lowest BCUT2D eigenvalue weighted by atomic mass is 10.1. The van der Waals surface area contributed by atoms with Crippen LogP contribution in [0.2, 0.25) is 0 Å². The molecule has 3 rings (SSSR count). The quantitative estimate of drug-likeness (QED) is 0.422. The molecule has 0 bridgehead atoms. The van der Waals surface area contributed by atoms with Gasteiger partial charge < -0.3 is 5.32 Å². The lowest BCUT2D eigenvalue weighted by Crippen LogP contribution is -2.16. The van der Waals surface area contributed by atoms with Crippen LogP contribution in [0.15, 0.2) is 58.6 Å². The van der Waals surface area contributed by atoms with E-state index in [0.29, 0.717) is 27.7 Å². The van der Waals surface area contributed by atoms with Gasteiger partial charge in [-0.1, -0.05) is 13.8 Å². The number of pyridine rings is 1. The molecule has 0 radical (unpaired) electrons. The molecule has 0 saturated carbocycles. The summed E-state index contributed by atoms with van der Waals surface area (Å²) >= 11 is 1.36. The maximum Gasteiger partial charge on any atom is 0.264 e. The monoisotopic (exact) mass is 496 g/mol. The topological polar surface area (TPSA) is 138 Å². The fourth-order valence-corrected chi connectivity index (χ4v) is 4.70. The van der Waals surface area contributed by atoms with E-state index in [1.807, 2.05) is 19.9 Å². The van der Waals surface area contributed by atoms with Crippen LogP contribution in [0, 0.1) is 18.3 Å². The lowest BCUT2D eigenvalue weighted by molar-refractivity contribution is -0.115. The Hall–Kier alpha value is -3.49. The average Bonchev–Trinajstić information content (AvgIpc) is 2.79. The fourth-order valence-electron chi connectivity index (χ4n) is 2.83. The van der Waals surface area contributed by atoms with Crippen LogP contribution in [0.5, 0.6) is 0 Å². The Balaban J connectivity index is 1.56. The van der Waals surface area contributed by atoms with Crippen LogP contribution in [0.25, 0.3) is 0 Å². The number of nitriles is 1. The standard InChI is InChI=1S/C23H24N6O3S2/c1-15(2)20-9-4-17(14-24)22(28-20)33-13-11-21(30)27-18-5-7-19(8-6-18)34(31,32)29-23-25-12-10-16(3)26-23/h4-10,12,15H,11,13H2,1-3H3,(H,27,30)(H,25,26,29). The number of amides is 1. The van der Waals surface area contributed by atoms with Gasteiger partial charge in [-0.25, -0.2) is 28.1 Å². The van der Waals surface area contributed by atoms with Crippen molar-refractivity contribution in [1.29, 1.82) is 5.26 Å². The maximum atomic E-state index is 12.5. The highest BCUT2D eigenvalue weighted by Crippen LogP contribution is 2.24. The number of rotatable bonds is 9. The van der Waals surface area contributed by atoms with Crippen molar-refractivity contribution >= 4 is 39.3 Å². The molecule has 0 aliphatic heterocycles. The van der Waals surface area contributed by atoms with Gasteiger partial charge in [-0.05, 0) is 55.3 Å². The first-order chi connectivity index (χ1) is 16.2. The molecule has 0 unspecified atom stereocenters. The molecule has 176 valence electrons. The van der Waals surface area contributed by atoms with Gasteiger partial charge in [0.1, 0.15) is 11.1 Å². The zero-order valence-corrected chi connectivity index (χ0v) is 20.6. The van der Waals surface area contributed by atoms with E-state index in [4.69, 9.17) is 0 Å². The van der Waals surface area contributed by atoms with E-state index in [1.54, 1.807) is 19.1 Å². The first kappa shape index (κ1) is 25.1. The molecule has 11 heteroatoms. The largest absolute Gasteiger partial charge is 0.326 e. The summed E-state index contributed by atoms with van der Waals surface area (Å²) in [5.74, 6) is 0.444. The van der Waals surface area contributed by atoms with E-state index < -0.39 is 10.0 Å². The minimum atomic E-state index is -3.86. The van der Waals surface area contributed by atoms with Crippen molar-refractivity contribution in [2.45, 2.75) is 43.0 Å². The van der Waals surface area contributed by atoms with E-state index >= 15 is 0 Å². The maximum absolute atomic E-state index is 12.5. The average molecular weight is 497 g/mol. The third-order valence-corrected chi connectivity index (χ3v) is 6.97. The molecule has 9 nitrogen and oxygen atoms in total. The molecule has 0 aliphatic rings. The van der Waals surface area contributed by atoms with Crippen LogP contribution < -0.4 is 10.0 Å². The molecule has 1 aromatic carbocycles. The second-order valence-corrected chi connectivity index (χ2v) is 10.4. The zero-order valence-electron chi connectivity index (χ0n) is 18.9. The summed E-state index contributed by atoms with van der Waals surface area (Å²) in [5.41, 5.74) is 2.48. The summed E-state index contributed by atoms with van der Waals surface area (Å²) in [6.45, 7) is 5.79. The van der Waals surface area contributed by atoms with Crippen LogP contribution in [0.1, 0.15) is 43.1 Å². The van der Waals surface area contributed by atoms with Crippen molar-refractivity contribution in [3.05, 3.63) is 65.6 Å². The minimum Gasteiger partial charge on any atom is -0.326 e. The van der Waals surface area contributed by atoms with Gasteiger partial charge in [-0.2, -0.15) is 5.26 Å². The second-order valence-electron chi connectivity index (χ2n) is 7.65. The van der Waals surface area contributed by atoms with E-state index in [0.717, 1.165) is 5.69 Å². The molecular weight excluding hydrogens is 472 g/mol. The number of hydrogen-bond donors (Lipinski definition) is 2. The number of benzene rings is 1. The highest BCUT2D eigenvalue weighted by molar-refractivity contribution is 7.99. The molecule has 34 heavy (non-hydrogen) atoms. The summed E-state index contributed by atoms with van der Waals surface area (Å²) in [4.78, 5) is 24.8. The summed E-state index contributed by atoms with van der Waals surface area (Å²) < 4.78 is 27.4. The van der Waals surface area contributed by atoms with E-state index in [9.17, 15) is 18.5 Å². The van der Waals surface area contributed by atoms with Crippen molar-refractivity contribution in [2.24, 2.45) is 0 Å². The van der Waals surface area contributed by atoms with Crippen molar-refractivity contribution in [3.63, 3.8) is 0 Å². The number of carbonyl (C=O) groups excluding carboxylic acids is 1. The van der Waals surface area contributed by atoms with E-state index in [-0.39, 0.29) is 29.1 Å². The van der Waals surface area contributed by atoms with Gasteiger partial charge in [0.25, 0.3) is 10.0 Å². The number of aromatic nitrogens is 3. The lowest BCUT2D eigenvalue weighted by Gasteiger charge is -2.10. The number of nitrogens with one attached hydrogen (secondary N) is 2. The Morgan fingerprint density at radius 3 is 2.50 bits per heavy atom. The molecule has 0 aliphatic carbocycles. The number of hydrogen-bond acceptors (Lipinski definition) is 8. The molecule has 2 N–H and O–H groups in total. The first-order valence-corrected chi connectivity index (χ1v) is 12.9. The van der Waals surface area contributed by atoms with Gasteiger partial charge >= 0.3 is 0 Å². The van der Waals surface area contributed by atoms with Crippen LogP contribution in [0.4, 0.5) is 11.6 Å². The van der Waals surface area contributed by atoms with Gasteiger partial charge in [0.05, 0.1) is 10.5 Å². The number of aryl methyl sites for hydroxylation is 1. The van der Waals surface area contributed by atoms with Gasteiger partial charge in [0, 0.05) is 35.4 Å². The number of sulfonamides is 1. The molecule has 2 aromatic heterocycles. The third kappa shape index (κ3) is 6.76. The van der Waals surface area contributed by atoms with Crippen molar-refractivity contribution < 1.29 is 13.2 Å². The number of carbonyl (C=O) groups is 1. The highest BCUT2D eigenvalue weighted by Gasteiger charge is 2.16. The Bertz CT molecular complexity index is 1320. The summed E-state index contributed by atoms with van der Waals surface area (Å²) in [5, 5.41) is 12.6. The normalized spacial score (nSPS) is 11.1. The van der Waals surface area contributed by atoms with Crippen LogP contribution in [-0.2, 0) is 14.8 Å². The third-order valence-electron chi connectivity index (χ3n) is 4.63. The minimum absolute atomic E-state index is 0.0112. The molecule has 0 atom stereocenters. The van der Waals surface area contributed by atoms with Gasteiger partial charge in [-0.3, -0.25) is 4.79 Å². The summed E-state index contributed by atoms with van der Waals surface area (Å²) in [6.07, 6.45) is 1.67. The molecule has 2 heterocycles. The van der Waals surface area contributed by atoms with E-state index in [2.05, 4.69) is 31.1 Å². The zero-order chi connectivity index (χ0) is 24.7. The van der Waals surface area contributed by atoms with Crippen LogP contribution >= 0.6 is 11.8 Å². The second kappa shape index (κ2) is 11.1. The molecule has 0 spiro atoms. The van der Waals surface area contributed by atoms with Crippen LogP contribution in [-0.4, -0.2) is 35.0 Å². The fraction of sp³-hybridized carbons (Fsp3) is 0.261. The Kier molecular flexibility index (Phi) is 8.20. The number of nitrogens with zero attached hydrogens (tertiary/aromatic N) is 4. The number of anilines is 2. The summed E-state index contributed by atoms with van der Waals surface area (Å²) in [6, 6.07) is 13.2. The predicted octanol–water partition coefficient (Wildman–Crippen LogP) is 4.10. The van der Waals surface area contributed by atoms with Crippen LogP contribution in [0.3, 0.4) is 0 Å². The molecular formula is C23H24N6O3S2. The smallest absolute Gasteiger partial charge is 0.264 e. The predicted molar refractivity (Wildman–Crippen MR) is 131 cm³/mol.